The lowest BCUT2D eigenvalue weighted by atomic mass is 10.0. The number of anilines is 2. The predicted molar refractivity (Wildman–Crippen MR) is 130 cm³/mol. The lowest BCUT2D eigenvalue weighted by Gasteiger charge is -2.29. The van der Waals surface area contributed by atoms with Gasteiger partial charge in [-0.1, -0.05) is 13.0 Å². The van der Waals surface area contributed by atoms with E-state index in [4.69, 9.17) is 17.0 Å². The topological polar surface area (TPSA) is 71.4 Å². The maximum atomic E-state index is 11.9. The van der Waals surface area contributed by atoms with Crippen molar-refractivity contribution in [1.29, 1.82) is 0 Å². The van der Waals surface area contributed by atoms with Crippen LogP contribution in [0.2, 0.25) is 0 Å². The molecule has 1 fully saturated rings. The van der Waals surface area contributed by atoms with Gasteiger partial charge < -0.3 is 24.8 Å². The lowest BCUT2D eigenvalue weighted by molar-refractivity contribution is -0.115. The number of hydrogen-bond donors (Lipinski definition) is 2. The maximum absolute atomic E-state index is 11.9. The van der Waals surface area contributed by atoms with Crippen LogP contribution in [0.3, 0.4) is 0 Å². The summed E-state index contributed by atoms with van der Waals surface area (Å²) in [5.41, 5.74) is 4.70. The van der Waals surface area contributed by atoms with Crippen LogP contribution in [0.4, 0.5) is 11.4 Å². The molecule has 2 N–H and O–H groups in total. The van der Waals surface area contributed by atoms with Crippen LogP contribution in [0, 0.1) is 6.92 Å². The number of aryl methyl sites for hydroxylation is 1. The average molecular weight is 450 g/mol. The molecule has 0 unspecified atom stereocenters. The number of benzene rings is 1. The molecule has 2 aromatic heterocycles. The van der Waals surface area contributed by atoms with E-state index in [-0.39, 0.29) is 18.0 Å². The Bertz CT molecular complexity index is 1140. The van der Waals surface area contributed by atoms with Crippen LogP contribution in [0.5, 0.6) is 5.75 Å². The summed E-state index contributed by atoms with van der Waals surface area (Å²) >= 11 is 5.79. The molecule has 2 atom stereocenters. The van der Waals surface area contributed by atoms with Gasteiger partial charge in [0.2, 0.25) is 5.91 Å². The minimum absolute atomic E-state index is 0.0678. The number of methoxy groups -OCH3 is 1. The van der Waals surface area contributed by atoms with E-state index in [1.54, 1.807) is 13.3 Å². The van der Waals surface area contributed by atoms with E-state index in [0.717, 1.165) is 22.8 Å². The molecule has 8 heteroatoms. The Labute approximate surface area is 193 Å². The SMILES string of the molecule is CCC(=O)Nc1ccc(N2C(=S)N[C@@H](c3ccccn3)[C@@H]2c2ccc(C)n2C)cc1OC. The molecule has 0 aliphatic carbocycles. The van der Waals surface area contributed by atoms with Gasteiger partial charge in [-0.05, 0) is 55.5 Å². The normalized spacial score (nSPS) is 17.9. The lowest BCUT2D eigenvalue weighted by Crippen LogP contribution is -2.30. The van der Waals surface area contributed by atoms with Crippen molar-refractivity contribution in [3.05, 3.63) is 71.8 Å². The molecule has 1 aliphatic heterocycles. The Hall–Kier alpha value is -3.39. The summed E-state index contributed by atoms with van der Waals surface area (Å²) in [6.07, 6.45) is 2.19. The number of rotatable bonds is 6. The smallest absolute Gasteiger partial charge is 0.224 e. The number of ether oxygens (including phenoxy) is 1. The molecule has 0 bridgehead atoms. The van der Waals surface area contributed by atoms with Crippen molar-refractivity contribution in [3.8, 4) is 5.75 Å². The van der Waals surface area contributed by atoms with Crippen molar-refractivity contribution in [2.45, 2.75) is 32.4 Å². The number of hydrogen-bond acceptors (Lipinski definition) is 4. The zero-order valence-electron chi connectivity index (χ0n) is 18.6. The van der Waals surface area contributed by atoms with Crippen molar-refractivity contribution < 1.29 is 9.53 Å². The molecule has 0 spiro atoms. The largest absolute Gasteiger partial charge is 0.494 e. The zero-order chi connectivity index (χ0) is 22.8. The highest BCUT2D eigenvalue weighted by Crippen LogP contribution is 2.43. The number of amides is 1. The maximum Gasteiger partial charge on any atom is 0.224 e. The van der Waals surface area contributed by atoms with Crippen LogP contribution in [-0.4, -0.2) is 27.7 Å². The fourth-order valence-electron chi connectivity index (χ4n) is 4.04. The molecule has 7 nitrogen and oxygen atoms in total. The quantitative estimate of drug-likeness (QED) is 0.548. The van der Waals surface area contributed by atoms with Gasteiger partial charge in [-0.2, -0.15) is 0 Å². The van der Waals surface area contributed by atoms with Gasteiger partial charge in [0, 0.05) is 42.8 Å². The van der Waals surface area contributed by atoms with E-state index in [9.17, 15) is 4.79 Å². The Morgan fingerprint density at radius 2 is 2.06 bits per heavy atom. The number of thiocarbonyl (C=S) groups is 1. The second kappa shape index (κ2) is 9.00. The van der Waals surface area contributed by atoms with Crippen LogP contribution >= 0.6 is 12.2 Å². The van der Waals surface area contributed by atoms with Crippen molar-refractivity contribution >= 4 is 34.6 Å². The van der Waals surface area contributed by atoms with Gasteiger partial charge >= 0.3 is 0 Å². The van der Waals surface area contributed by atoms with E-state index < -0.39 is 0 Å². The summed E-state index contributed by atoms with van der Waals surface area (Å²) < 4.78 is 7.76. The highest BCUT2D eigenvalue weighted by molar-refractivity contribution is 7.80. The van der Waals surface area contributed by atoms with Crippen molar-refractivity contribution in [3.63, 3.8) is 0 Å². The van der Waals surface area contributed by atoms with Crippen molar-refractivity contribution in [1.82, 2.24) is 14.9 Å². The van der Waals surface area contributed by atoms with Gasteiger partial charge in [0.15, 0.2) is 5.11 Å². The van der Waals surface area contributed by atoms with Gasteiger partial charge in [-0.3, -0.25) is 9.78 Å². The first kappa shape index (κ1) is 21.8. The molecular weight excluding hydrogens is 422 g/mol. The van der Waals surface area contributed by atoms with Gasteiger partial charge in [0.1, 0.15) is 11.8 Å². The number of aromatic nitrogens is 2. The minimum Gasteiger partial charge on any atom is -0.494 e. The summed E-state index contributed by atoms with van der Waals surface area (Å²) in [4.78, 5) is 18.6. The van der Waals surface area contributed by atoms with E-state index in [2.05, 4.69) is 51.2 Å². The Morgan fingerprint density at radius 1 is 1.25 bits per heavy atom. The third kappa shape index (κ3) is 3.93. The highest BCUT2D eigenvalue weighted by Gasteiger charge is 2.42. The van der Waals surface area contributed by atoms with E-state index in [1.165, 1.54) is 0 Å². The molecule has 0 saturated carbocycles. The van der Waals surface area contributed by atoms with Crippen LogP contribution in [-0.2, 0) is 11.8 Å². The van der Waals surface area contributed by atoms with E-state index in [1.807, 2.05) is 43.3 Å². The summed E-state index contributed by atoms with van der Waals surface area (Å²) in [5, 5.41) is 6.96. The summed E-state index contributed by atoms with van der Waals surface area (Å²) in [6.45, 7) is 3.90. The molecule has 1 saturated heterocycles. The Balaban J connectivity index is 1.80. The fraction of sp³-hybridized carbons (Fsp3) is 0.292. The number of nitrogens with one attached hydrogen (secondary N) is 2. The van der Waals surface area contributed by atoms with E-state index >= 15 is 0 Å². The predicted octanol–water partition coefficient (Wildman–Crippen LogP) is 4.26. The summed E-state index contributed by atoms with van der Waals surface area (Å²) in [7, 11) is 3.65. The molecule has 3 aromatic rings. The van der Waals surface area contributed by atoms with Crippen LogP contribution < -0.4 is 20.3 Å². The molecular formula is C24H27N5O2S. The van der Waals surface area contributed by atoms with E-state index in [0.29, 0.717) is 23.0 Å². The standard InChI is InChI=1S/C24H27N5O2S/c1-5-21(30)26-17-11-10-16(14-20(17)31-4)29-23(19-12-9-15(2)28(19)3)22(27-24(29)32)18-8-6-7-13-25-18/h6-14,22-23H,5H2,1-4H3,(H,26,30)(H,27,32)/t22-,23-/m0/s1. The third-order valence-corrected chi connectivity index (χ3v) is 6.19. The molecule has 4 rings (SSSR count). The molecule has 0 radical (unpaired) electrons. The minimum atomic E-state index is -0.123. The molecule has 1 aliphatic rings. The molecule has 1 amide bonds. The van der Waals surface area contributed by atoms with Gasteiger partial charge in [0.25, 0.3) is 0 Å². The fourth-order valence-corrected chi connectivity index (χ4v) is 4.38. The Kier molecular flexibility index (Phi) is 6.14. The number of pyridine rings is 1. The van der Waals surface area contributed by atoms with Gasteiger partial charge in [0.05, 0.1) is 24.5 Å². The molecule has 166 valence electrons. The zero-order valence-corrected chi connectivity index (χ0v) is 19.4. The number of carbonyl (C=O) groups excluding carboxylic acids is 1. The summed E-state index contributed by atoms with van der Waals surface area (Å²) in [6, 6.07) is 15.6. The summed E-state index contributed by atoms with van der Waals surface area (Å²) in [5.74, 6) is 0.511. The van der Waals surface area contributed by atoms with Crippen LogP contribution in [0.25, 0.3) is 0 Å². The first-order valence-electron chi connectivity index (χ1n) is 10.5. The monoisotopic (exact) mass is 449 g/mol. The average Bonchev–Trinajstić information content (AvgIpc) is 3.33. The van der Waals surface area contributed by atoms with Crippen LogP contribution in [0.1, 0.15) is 42.5 Å². The van der Waals surface area contributed by atoms with Crippen molar-refractivity contribution in [2.24, 2.45) is 7.05 Å². The second-order valence-corrected chi connectivity index (χ2v) is 8.13. The number of carbonyl (C=O) groups is 1. The van der Waals surface area contributed by atoms with Gasteiger partial charge in [-0.25, -0.2) is 0 Å². The number of nitrogens with zero attached hydrogens (tertiary/aromatic N) is 3. The highest BCUT2D eigenvalue weighted by atomic mass is 32.1. The molecule has 1 aromatic carbocycles. The van der Waals surface area contributed by atoms with Crippen molar-refractivity contribution in [2.75, 3.05) is 17.3 Å². The van der Waals surface area contributed by atoms with Crippen LogP contribution in [0.15, 0.2) is 54.7 Å². The molecule has 3 heterocycles. The first-order valence-corrected chi connectivity index (χ1v) is 11.0. The van der Waals surface area contributed by atoms with Gasteiger partial charge in [-0.15, -0.1) is 0 Å². The second-order valence-electron chi connectivity index (χ2n) is 7.74. The Morgan fingerprint density at radius 3 is 2.69 bits per heavy atom. The first-order chi connectivity index (χ1) is 15.4. The third-order valence-electron chi connectivity index (χ3n) is 5.87. The molecule has 32 heavy (non-hydrogen) atoms.